The van der Waals surface area contributed by atoms with Crippen LogP contribution in [0.3, 0.4) is 0 Å². The number of pyridine rings is 1. The van der Waals surface area contributed by atoms with Crippen molar-refractivity contribution in [2.75, 3.05) is 31.6 Å². The van der Waals surface area contributed by atoms with Crippen molar-refractivity contribution < 1.29 is 5.11 Å². The lowest BCUT2D eigenvalue weighted by atomic mass is 10.1. The molecule has 1 unspecified atom stereocenters. The molecule has 0 saturated heterocycles. The average Bonchev–Trinajstić information content (AvgIpc) is 2.54. The normalized spacial score (nSPS) is 12.2. The fraction of sp³-hybridized carbons (Fsp3) is 0.500. The standard InChI is InChI=1S/C18H26ClN3O.H3N/c1-3-22(11-12-23)10-4-5-14(2)21-17-8-9-20-18-13-15(19)6-7-16(17)18;/h6-9,13-14,23H,3-5,10-12H2,1-2H3,(H,20,21);1H3. The van der Waals surface area contributed by atoms with Gasteiger partial charge in [-0.2, -0.15) is 0 Å². The predicted molar refractivity (Wildman–Crippen MR) is 103 cm³/mol. The van der Waals surface area contributed by atoms with Gasteiger partial charge in [0.15, 0.2) is 0 Å². The first kappa shape index (κ1) is 20.6. The molecule has 5 N–H and O–H groups in total. The molecule has 0 aliphatic rings. The zero-order valence-electron chi connectivity index (χ0n) is 14.6. The topological polar surface area (TPSA) is 83.4 Å². The Morgan fingerprint density at radius 3 is 2.79 bits per heavy atom. The minimum absolute atomic E-state index is 0. The lowest BCUT2D eigenvalue weighted by molar-refractivity contribution is 0.199. The van der Waals surface area contributed by atoms with Crippen LogP contribution in [-0.4, -0.2) is 47.3 Å². The van der Waals surface area contributed by atoms with Gasteiger partial charge in [0.1, 0.15) is 0 Å². The van der Waals surface area contributed by atoms with Crippen molar-refractivity contribution >= 4 is 28.2 Å². The van der Waals surface area contributed by atoms with Crippen LogP contribution in [0.4, 0.5) is 5.69 Å². The number of benzene rings is 1. The van der Waals surface area contributed by atoms with Crippen molar-refractivity contribution in [3.05, 3.63) is 35.5 Å². The molecular weight excluding hydrogens is 324 g/mol. The number of nitrogens with one attached hydrogen (secondary N) is 1. The molecule has 1 aromatic carbocycles. The van der Waals surface area contributed by atoms with E-state index in [2.05, 4.69) is 29.0 Å². The van der Waals surface area contributed by atoms with Gasteiger partial charge in [-0.25, -0.2) is 0 Å². The van der Waals surface area contributed by atoms with Gasteiger partial charge in [0.2, 0.25) is 0 Å². The van der Waals surface area contributed by atoms with E-state index in [1.54, 1.807) is 0 Å². The molecule has 0 fully saturated rings. The molecule has 24 heavy (non-hydrogen) atoms. The molecule has 1 aromatic heterocycles. The van der Waals surface area contributed by atoms with E-state index in [9.17, 15) is 0 Å². The molecule has 2 rings (SSSR count). The number of anilines is 1. The second-order valence-electron chi connectivity index (χ2n) is 5.87. The smallest absolute Gasteiger partial charge is 0.0737 e. The highest BCUT2D eigenvalue weighted by molar-refractivity contribution is 6.31. The lowest BCUT2D eigenvalue weighted by Crippen LogP contribution is -2.28. The molecule has 0 amide bonds. The fourth-order valence-electron chi connectivity index (χ4n) is 2.78. The Morgan fingerprint density at radius 2 is 2.08 bits per heavy atom. The molecule has 2 aromatic rings. The molecule has 0 bridgehead atoms. The molecule has 134 valence electrons. The number of rotatable bonds is 9. The van der Waals surface area contributed by atoms with Gasteiger partial charge < -0.3 is 21.5 Å². The van der Waals surface area contributed by atoms with Crippen LogP contribution in [-0.2, 0) is 0 Å². The Labute approximate surface area is 149 Å². The molecule has 5 nitrogen and oxygen atoms in total. The SMILES string of the molecule is CCN(CCO)CCCC(C)Nc1ccnc2cc(Cl)ccc12.N. The summed E-state index contributed by atoms with van der Waals surface area (Å²) < 4.78 is 0. The number of aliphatic hydroxyl groups is 1. The monoisotopic (exact) mass is 352 g/mol. The zero-order valence-corrected chi connectivity index (χ0v) is 15.4. The Hall–Kier alpha value is -1.40. The van der Waals surface area contributed by atoms with Crippen LogP contribution in [0, 0.1) is 0 Å². The van der Waals surface area contributed by atoms with Crippen LogP contribution in [0.25, 0.3) is 10.9 Å². The summed E-state index contributed by atoms with van der Waals surface area (Å²) in [5.74, 6) is 0. The number of aliphatic hydroxyl groups excluding tert-OH is 1. The van der Waals surface area contributed by atoms with E-state index in [0.29, 0.717) is 11.1 Å². The number of hydrogen-bond acceptors (Lipinski definition) is 5. The number of likely N-dealkylation sites (N-methyl/N-ethyl adjacent to an activating group) is 1. The van der Waals surface area contributed by atoms with Crippen LogP contribution in [0.1, 0.15) is 26.7 Å². The second kappa shape index (κ2) is 10.5. The van der Waals surface area contributed by atoms with Crippen LogP contribution >= 0.6 is 11.6 Å². The third-order valence-corrected chi connectivity index (χ3v) is 4.32. The van der Waals surface area contributed by atoms with Crippen LogP contribution < -0.4 is 11.5 Å². The summed E-state index contributed by atoms with van der Waals surface area (Å²) in [5.41, 5.74) is 2.01. The number of fused-ring (bicyclic) bond motifs is 1. The first-order valence-corrected chi connectivity index (χ1v) is 8.66. The number of aromatic nitrogens is 1. The van der Waals surface area contributed by atoms with Gasteiger partial charge in [0, 0.05) is 34.9 Å². The quantitative estimate of drug-likeness (QED) is 0.636. The number of nitrogens with zero attached hydrogens (tertiary/aromatic N) is 2. The first-order valence-electron chi connectivity index (χ1n) is 8.28. The van der Waals surface area contributed by atoms with Gasteiger partial charge in [-0.15, -0.1) is 0 Å². The van der Waals surface area contributed by atoms with Gasteiger partial charge in [-0.3, -0.25) is 4.98 Å². The summed E-state index contributed by atoms with van der Waals surface area (Å²) in [6.45, 7) is 7.32. The molecular formula is C18H29ClN4O. The van der Waals surface area contributed by atoms with Gasteiger partial charge in [0.05, 0.1) is 12.1 Å². The number of hydrogen-bond donors (Lipinski definition) is 3. The molecule has 1 atom stereocenters. The average molecular weight is 353 g/mol. The largest absolute Gasteiger partial charge is 0.395 e. The fourth-order valence-corrected chi connectivity index (χ4v) is 2.94. The maximum Gasteiger partial charge on any atom is 0.0737 e. The molecule has 1 heterocycles. The third-order valence-electron chi connectivity index (χ3n) is 4.08. The summed E-state index contributed by atoms with van der Waals surface area (Å²) in [4.78, 5) is 6.65. The van der Waals surface area contributed by atoms with E-state index < -0.39 is 0 Å². The van der Waals surface area contributed by atoms with Crippen molar-refractivity contribution in [2.45, 2.75) is 32.7 Å². The molecule has 0 saturated carbocycles. The summed E-state index contributed by atoms with van der Waals surface area (Å²) >= 11 is 6.03. The van der Waals surface area contributed by atoms with Crippen molar-refractivity contribution in [1.82, 2.24) is 16.0 Å². The Bertz CT molecular complexity index is 623. The minimum Gasteiger partial charge on any atom is -0.395 e. The Kier molecular flexibility index (Phi) is 9.00. The van der Waals surface area contributed by atoms with E-state index in [1.165, 1.54) is 0 Å². The third kappa shape index (κ3) is 5.91. The second-order valence-corrected chi connectivity index (χ2v) is 6.30. The van der Waals surface area contributed by atoms with Gasteiger partial charge in [-0.05, 0) is 57.1 Å². The van der Waals surface area contributed by atoms with Crippen molar-refractivity contribution in [2.24, 2.45) is 0 Å². The molecule has 6 heteroatoms. The van der Waals surface area contributed by atoms with Crippen LogP contribution in [0.15, 0.2) is 30.5 Å². The summed E-state index contributed by atoms with van der Waals surface area (Å²) in [5, 5.41) is 14.4. The molecule has 0 aliphatic carbocycles. The molecule has 0 radical (unpaired) electrons. The summed E-state index contributed by atoms with van der Waals surface area (Å²) in [6, 6.07) is 8.19. The van der Waals surface area contributed by atoms with E-state index in [-0.39, 0.29) is 12.8 Å². The Morgan fingerprint density at radius 1 is 1.29 bits per heavy atom. The van der Waals surface area contributed by atoms with Crippen molar-refractivity contribution in [1.29, 1.82) is 0 Å². The number of halogens is 1. The van der Waals surface area contributed by atoms with E-state index in [0.717, 1.165) is 49.1 Å². The Balaban J connectivity index is 0.00000288. The summed E-state index contributed by atoms with van der Waals surface area (Å²) in [6.07, 6.45) is 4.00. The van der Waals surface area contributed by atoms with Gasteiger partial charge in [0.25, 0.3) is 0 Å². The van der Waals surface area contributed by atoms with Gasteiger partial charge in [-0.1, -0.05) is 18.5 Å². The summed E-state index contributed by atoms with van der Waals surface area (Å²) in [7, 11) is 0. The highest BCUT2D eigenvalue weighted by Crippen LogP contribution is 2.25. The van der Waals surface area contributed by atoms with E-state index >= 15 is 0 Å². The van der Waals surface area contributed by atoms with E-state index in [1.807, 2.05) is 30.5 Å². The lowest BCUT2D eigenvalue weighted by Gasteiger charge is -2.21. The van der Waals surface area contributed by atoms with Crippen molar-refractivity contribution in [3.63, 3.8) is 0 Å². The zero-order chi connectivity index (χ0) is 16.7. The predicted octanol–water partition coefficient (Wildman–Crippen LogP) is 3.95. The highest BCUT2D eigenvalue weighted by atomic mass is 35.5. The maximum atomic E-state index is 9.02. The molecule has 0 spiro atoms. The minimum atomic E-state index is 0. The molecule has 0 aliphatic heterocycles. The van der Waals surface area contributed by atoms with Gasteiger partial charge >= 0.3 is 0 Å². The van der Waals surface area contributed by atoms with E-state index in [4.69, 9.17) is 16.7 Å². The van der Waals surface area contributed by atoms with Crippen molar-refractivity contribution in [3.8, 4) is 0 Å². The first-order chi connectivity index (χ1) is 11.1. The van der Waals surface area contributed by atoms with Crippen LogP contribution in [0.2, 0.25) is 5.02 Å². The maximum absolute atomic E-state index is 9.02. The van der Waals surface area contributed by atoms with Crippen LogP contribution in [0.5, 0.6) is 0 Å². The highest BCUT2D eigenvalue weighted by Gasteiger charge is 2.08.